The molecule has 2 amide bonds. The number of amides is 2. The lowest BCUT2D eigenvalue weighted by atomic mass is 10.5. The van der Waals surface area contributed by atoms with Crippen molar-refractivity contribution in [2.24, 2.45) is 0 Å². The van der Waals surface area contributed by atoms with Crippen LogP contribution in [-0.4, -0.2) is 34.8 Å². The van der Waals surface area contributed by atoms with E-state index in [2.05, 4.69) is 39.2 Å². The Morgan fingerprint density at radius 3 is 3.12 bits per heavy atom. The minimum absolute atomic E-state index is 0.202. The van der Waals surface area contributed by atoms with Gasteiger partial charge in [0.25, 0.3) is 0 Å². The molecule has 0 atom stereocenters. The summed E-state index contributed by atoms with van der Waals surface area (Å²) in [6, 6.07) is 1.62. The van der Waals surface area contributed by atoms with E-state index in [1.807, 2.05) is 6.07 Å². The number of halogens is 1. The molecule has 8 heteroatoms. The van der Waals surface area contributed by atoms with Crippen LogP contribution in [0.2, 0.25) is 0 Å². The molecule has 90 valence electrons. The number of thioether (sulfide) groups is 1. The first kappa shape index (κ1) is 13.7. The number of hydrogen-bond donors (Lipinski definition) is 2. The third kappa shape index (κ3) is 5.13. The maximum absolute atomic E-state index is 11.1. The molecule has 0 fully saturated rings. The lowest BCUT2D eigenvalue weighted by Gasteiger charge is -2.09. The average Bonchev–Trinajstić information content (AvgIpc) is 2.63. The molecule has 0 saturated heterocycles. The first-order valence-corrected chi connectivity index (χ1v) is 6.83. The van der Waals surface area contributed by atoms with Crippen LogP contribution in [0.3, 0.4) is 0 Å². The number of rotatable bonds is 5. The molecule has 1 heterocycles. The molecule has 1 aromatic heterocycles. The van der Waals surface area contributed by atoms with Gasteiger partial charge >= 0.3 is 6.03 Å². The number of nitrogens with one attached hydrogen (secondary N) is 1. The maximum atomic E-state index is 11.1. The van der Waals surface area contributed by atoms with Crippen LogP contribution < -0.4 is 5.32 Å². The highest BCUT2D eigenvalue weighted by Crippen LogP contribution is 2.15. The van der Waals surface area contributed by atoms with Gasteiger partial charge in [0, 0.05) is 25.4 Å². The topological polar surface area (TPSA) is 58.4 Å². The summed E-state index contributed by atoms with van der Waals surface area (Å²) in [6.07, 6.45) is 0. The highest BCUT2D eigenvalue weighted by Gasteiger charge is 2.03. The van der Waals surface area contributed by atoms with Gasteiger partial charge in [-0.1, -0.05) is 18.0 Å². The minimum atomic E-state index is -0.202. The second-order valence-corrected chi connectivity index (χ2v) is 5.44. The van der Waals surface area contributed by atoms with Crippen LogP contribution in [0.1, 0.15) is 5.76 Å². The summed E-state index contributed by atoms with van der Waals surface area (Å²) < 4.78 is 6.91. The Bertz CT molecular complexity index is 346. The van der Waals surface area contributed by atoms with E-state index >= 15 is 0 Å². The minimum Gasteiger partial charge on any atom is -0.359 e. The fraction of sp³-hybridized carbons (Fsp3) is 0.500. The number of nitrogens with zero attached hydrogens (tertiary/aromatic N) is 2. The van der Waals surface area contributed by atoms with Gasteiger partial charge in [-0.25, -0.2) is 4.79 Å². The van der Waals surface area contributed by atoms with Gasteiger partial charge < -0.3 is 9.84 Å². The molecule has 1 aromatic rings. The third-order valence-corrected chi connectivity index (χ3v) is 3.13. The Morgan fingerprint density at radius 1 is 1.81 bits per heavy atom. The van der Waals surface area contributed by atoms with Crippen molar-refractivity contribution in [3.63, 3.8) is 0 Å². The van der Waals surface area contributed by atoms with Crippen molar-refractivity contribution in [3.05, 3.63) is 16.4 Å². The van der Waals surface area contributed by atoms with E-state index in [1.165, 1.54) is 4.31 Å². The van der Waals surface area contributed by atoms with E-state index in [-0.39, 0.29) is 6.03 Å². The number of carbonyl (C=O) groups excluding carboxylic acids is 1. The lowest BCUT2D eigenvalue weighted by molar-refractivity contribution is 0.231. The Kier molecular flexibility index (Phi) is 6.07. The molecule has 0 spiro atoms. The molecule has 0 aliphatic carbocycles. The van der Waals surface area contributed by atoms with E-state index in [0.717, 1.165) is 17.3 Å². The van der Waals surface area contributed by atoms with E-state index in [1.54, 1.807) is 18.8 Å². The zero-order chi connectivity index (χ0) is 12.0. The van der Waals surface area contributed by atoms with Crippen LogP contribution in [0.5, 0.6) is 0 Å². The molecule has 0 unspecified atom stereocenters. The number of thiol groups is 1. The molecule has 0 aliphatic rings. The fourth-order valence-electron chi connectivity index (χ4n) is 0.873. The summed E-state index contributed by atoms with van der Waals surface area (Å²) in [5.41, 5.74) is 0. The zero-order valence-corrected chi connectivity index (χ0v) is 11.9. The van der Waals surface area contributed by atoms with Gasteiger partial charge in [-0.3, -0.25) is 4.31 Å². The summed E-state index contributed by atoms with van der Waals surface area (Å²) in [6.45, 7) is 0.601. The van der Waals surface area contributed by atoms with Crippen molar-refractivity contribution in [3.8, 4) is 0 Å². The monoisotopic (exact) mass is 325 g/mol. The van der Waals surface area contributed by atoms with Crippen LogP contribution in [-0.2, 0) is 5.75 Å². The van der Waals surface area contributed by atoms with Crippen LogP contribution in [0.25, 0.3) is 0 Å². The van der Waals surface area contributed by atoms with Crippen molar-refractivity contribution in [2.45, 2.75) is 5.75 Å². The molecule has 0 aromatic carbocycles. The normalized spacial score (nSPS) is 10.2. The second kappa shape index (κ2) is 7.08. The van der Waals surface area contributed by atoms with Gasteiger partial charge in [0.1, 0.15) is 10.4 Å². The Morgan fingerprint density at radius 2 is 2.56 bits per heavy atom. The predicted octanol–water partition coefficient (Wildman–Crippen LogP) is 2.16. The molecular formula is C8H12BrN3O2S2. The standard InChI is InChI=1S/C8H12BrN3O2S2/c1-12(15)8(13)10-2-3-16-5-6-4-7(9)11-14-6/h4,15H,2-3,5H2,1H3,(H,10,13). The smallest absolute Gasteiger partial charge is 0.326 e. The van der Waals surface area contributed by atoms with Crippen molar-refractivity contribution in [2.75, 3.05) is 19.3 Å². The molecule has 0 bridgehead atoms. The van der Waals surface area contributed by atoms with E-state index in [9.17, 15) is 4.79 Å². The SMILES string of the molecule is CN(S)C(=O)NCCSCc1cc(Br)no1. The molecule has 1 rings (SSSR count). The van der Waals surface area contributed by atoms with Crippen LogP contribution in [0, 0.1) is 0 Å². The molecule has 0 aliphatic heterocycles. The highest BCUT2D eigenvalue weighted by atomic mass is 79.9. The Balaban J connectivity index is 2.06. The third-order valence-electron chi connectivity index (χ3n) is 1.59. The van der Waals surface area contributed by atoms with E-state index in [0.29, 0.717) is 11.1 Å². The van der Waals surface area contributed by atoms with Crippen molar-refractivity contribution in [1.29, 1.82) is 0 Å². The average molecular weight is 326 g/mol. The Labute approximate surface area is 112 Å². The maximum Gasteiger partial charge on any atom is 0.326 e. The second-order valence-electron chi connectivity index (χ2n) is 2.92. The summed E-state index contributed by atoms with van der Waals surface area (Å²) in [7, 11) is 1.58. The number of aromatic nitrogens is 1. The van der Waals surface area contributed by atoms with Gasteiger partial charge in [-0.2, -0.15) is 11.8 Å². The van der Waals surface area contributed by atoms with Crippen LogP contribution in [0.15, 0.2) is 15.2 Å². The molecule has 5 nitrogen and oxygen atoms in total. The van der Waals surface area contributed by atoms with Crippen molar-refractivity contribution >= 4 is 46.5 Å². The number of urea groups is 1. The van der Waals surface area contributed by atoms with E-state index in [4.69, 9.17) is 4.52 Å². The van der Waals surface area contributed by atoms with E-state index < -0.39 is 0 Å². The van der Waals surface area contributed by atoms with Crippen molar-refractivity contribution in [1.82, 2.24) is 14.8 Å². The number of hydrogen-bond acceptors (Lipinski definition) is 5. The first-order valence-electron chi connectivity index (χ1n) is 4.49. The number of carbonyl (C=O) groups is 1. The molecule has 0 radical (unpaired) electrons. The molecule has 16 heavy (non-hydrogen) atoms. The molecule has 1 N–H and O–H groups in total. The Hall–Kier alpha value is -0.340. The van der Waals surface area contributed by atoms with Gasteiger partial charge in [0.2, 0.25) is 0 Å². The highest BCUT2D eigenvalue weighted by molar-refractivity contribution is 9.10. The quantitative estimate of drug-likeness (QED) is 0.643. The molecule has 0 saturated carbocycles. The lowest BCUT2D eigenvalue weighted by Crippen LogP contribution is -2.32. The van der Waals surface area contributed by atoms with Gasteiger partial charge in [-0.15, -0.1) is 0 Å². The van der Waals surface area contributed by atoms with Crippen LogP contribution in [0.4, 0.5) is 4.79 Å². The van der Waals surface area contributed by atoms with Crippen molar-refractivity contribution < 1.29 is 9.32 Å². The summed E-state index contributed by atoms with van der Waals surface area (Å²) in [5.74, 6) is 2.37. The first-order chi connectivity index (χ1) is 7.59. The predicted molar refractivity (Wildman–Crippen MR) is 70.5 cm³/mol. The van der Waals surface area contributed by atoms with Gasteiger partial charge in [-0.05, 0) is 15.9 Å². The van der Waals surface area contributed by atoms with Crippen LogP contribution >= 0.6 is 40.5 Å². The fourth-order valence-corrected chi connectivity index (χ4v) is 2.00. The van der Waals surface area contributed by atoms with Gasteiger partial charge in [0.05, 0.1) is 5.75 Å². The zero-order valence-electron chi connectivity index (χ0n) is 8.64. The summed E-state index contributed by atoms with van der Waals surface area (Å²) in [4.78, 5) is 11.1. The van der Waals surface area contributed by atoms with Gasteiger partial charge in [0.15, 0.2) is 0 Å². The largest absolute Gasteiger partial charge is 0.359 e. The summed E-state index contributed by atoms with van der Waals surface area (Å²) in [5, 5.41) is 6.42. The summed E-state index contributed by atoms with van der Waals surface area (Å²) >= 11 is 8.73. The molecular weight excluding hydrogens is 314 g/mol.